The van der Waals surface area contributed by atoms with E-state index in [1.807, 2.05) is 19.1 Å². The predicted octanol–water partition coefficient (Wildman–Crippen LogP) is 3.40. The number of ether oxygens (including phenoxy) is 2. The summed E-state index contributed by atoms with van der Waals surface area (Å²) in [4.78, 5) is 55.7. The molecule has 4 rings (SSSR count). The van der Waals surface area contributed by atoms with Crippen molar-refractivity contribution in [2.75, 3.05) is 13.2 Å². The molecule has 0 aromatic rings. The molecule has 1 saturated carbocycles. The van der Waals surface area contributed by atoms with Gasteiger partial charge in [-0.2, -0.15) is 0 Å². The largest absolute Gasteiger partial charge is 0.461 e. The van der Waals surface area contributed by atoms with Gasteiger partial charge in [-0.1, -0.05) is 39.0 Å². The van der Waals surface area contributed by atoms with Gasteiger partial charge in [-0.3, -0.25) is 14.4 Å². The number of cyclic esters (lactones) is 1. The van der Waals surface area contributed by atoms with Crippen LogP contribution in [0.25, 0.3) is 0 Å². The van der Waals surface area contributed by atoms with Gasteiger partial charge in [0.1, 0.15) is 12.1 Å². The number of carbonyl (C=O) groups is 4. The van der Waals surface area contributed by atoms with E-state index in [0.717, 1.165) is 6.42 Å². The lowest BCUT2D eigenvalue weighted by molar-refractivity contribution is -0.268. The maximum atomic E-state index is 13.9. The van der Waals surface area contributed by atoms with Crippen molar-refractivity contribution in [1.82, 2.24) is 4.90 Å². The van der Waals surface area contributed by atoms with Crippen LogP contribution in [0.5, 0.6) is 0 Å². The van der Waals surface area contributed by atoms with Crippen molar-refractivity contribution < 1.29 is 49.1 Å². The molecule has 0 aromatic carbocycles. The van der Waals surface area contributed by atoms with Crippen molar-refractivity contribution >= 4 is 23.4 Å². The van der Waals surface area contributed by atoms with Crippen molar-refractivity contribution in [3.63, 3.8) is 0 Å². The number of allylic oxidation sites excluding steroid dienone is 3. The van der Waals surface area contributed by atoms with E-state index >= 15 is 0 Å². The number of amides is 1. The number of Topliss-reactive ketones (excluding diaryl/α,β-unsaturated/α-hetero) is 1. The van der Waals surface area contributed by atoms with Crippen LogP contribution in [0.15, 0.2) is 24.3 Å². The number of aliphatic hydroxyl groups is 4. The highest BCUT2D eigenvalue weighted by atomic mass is 16.6. The molecule has 1 amide bonds. The molecule has 0 radical (unpaired) electrons. The third-order valence-electron chi connectivity index (χ3n) is 11.2. The molecular weight excluding hydrogens is 618 g/mol. The summed E-state index contributed by atoms with van der Waals surface area (Å²) >= 11 is 0. The monoisotopic (exact) mass is 675 g/mol. The molecule has 0 spiro atoms. The number of piperidine rings is 1. The Hall–Kier alpha value is -2.44. The Kier molecular flexibility index (Phi) is 14.0. The van der Waals surface area contributed by atoms with Crippen molar-refractivity contribution in [2.45, 2.75) is 140 Å². The third-order valence-corrected chi connectivity index (χ3v) is 11.2. The van der Waals surface area contributed by atoms with Crippen LogP contribution in [0.3, 0.4) is 0 Å². The minimum absolute atomic E-state index is 0.0835. The zero-order valence-electron chi connectivity index (χ0n) is 28.9. The number of hydrogen-bond acceptors (Lipinski definition) is 10. The zero-order valence-corrected chi connectivity index (χ0v) is 28.9. The molecule has 48 heavy (non-hydrogen) atoms. The Morgan fingerprint density at radius 1 is 0.938 bits per heavy atom. The molecular formula is C37H57NO10. The van der Waals surface area contributed by atoms with Crippen molar-refractivity contribution in [3.8, 4) is 0 Å². The second-order valence-corrected chi connectivity index (χ2v) is 14.8. The fraction of sp³-hybridized carbons (Fsp3) is 0.784. The van der Waals surface area contributed by atoms with Crippen LogP contribution < -0.4 is 0 Å². The number of aliphatic hydroxyl groups excluding tert-OH is 3. The summed E-state index contributed by atoms with van der Waals surface area (Å²) in [6.45, 7) is 5.39. The average molecular weight is 676 g/mol. The Morgan fingerprint density at radius 2 is 1.69 bits per heavy atom. The highest BCUT2D eigenvalue weighted by molar-refractivity contribution is 6.39. The topological polar surface area (TPSA) is 171 Å². The smallest absolute Gasteiger partial charge is 0.329 e. The molecule has 270 valence electrons. The van der Waals surface area contributed by atoms with Crippen LogP contribution in [0.2, 0.25) is 0 Å². The van der Waals surface area contributed by atoms with E-state index in [-0.39, 0.29) is 36.7 Å². The summed E-state index contributed by atoms with van der Waals surface area (Å²) in [6, 6.07) is -1.01. The van der Waals surface area contributed by atoms with Crippen LogP contribution >= 0.6 is 0 Å². The third kappa shape index (κ3) is 9.41. The van der Waals surface area contributed by atoms with Gasteiger partial charge in [0.2, 0.25) is 5.79 Å². The summed E-state index contributed by atoms with van der Waals surface area (Å²) in [5, 5.41) is 42.0. The Morgan fingerprint density at radius 3 is 2.42 bits per heavy atom. The van der Waals surface area contributed by atoms with Gasteiger partial charge in [0.25, 0.3) is 11.7 Å². The van der Waals surface area contributed by atoms with Gasteiger partial charge < -0.3 is 34.8 Å². The van der Waals surface area contributed by atoms with Crippen LogP contribution in [-0.2, 0) is 28.7 Å². The fourth-order valence-electron chi connectivity index (χ4n) is 7.79. The first-order chi connectivity index (χ1) is 22.8. The van der Waals surface area contributed by atoms with E-state index in [2.05, 4.69) is 0 Å². The quantitative estimate of drug-likeness (QED) is 0.197. The zero-order chi connectivity index (χ0) is 35.0. The standard InChI is InChI=1S/C37H57NO10/c1-23(20-27-14-16-30(41)31(42)21-27)32-18-15-26(22-39)10-6-4-5-7-12-29(40)25(3)33-17-13-24(2)37(46,48-33)34(43)35(44)38-19-9-8-11-28(38)36(45)47-32/h6-7,10,12,23-28,30-33,39,41-42,46H,4-5,8-9,11,13-22H2,1-3H3/b10-6+,12-7+/t23-,24-,25-,26-,27-,28-,30-,31-,32-,33+,37-/m0/s1. The number of rotatable bonds is 4. The summed E-state index contributed by atoms with van der Waals surface area (Å²) in [5.41, 5.74) is 0. The first kappa shape index (κ1) is 38.4. The molecule has 2 bridgehead atoms. The molecule has 11 heteroatoms. The van der Waals surface area contributed by atoms with Crippen LogP contribution in [0, 0.1) is 29.6 Å². The van der Waals surface area contributed by atoms with Gasteiger partial charge in [0, 0.05) is 30.9 Å². The highest BCUT2D eigenvalue weighted by Crippen LogP contribution is 2.37. The molecule has 0 unspecified atom stereocenters. The first-order valence-electron chi connectivity index (χ1n) is 18.2. The van der Waals surface area contributed by atoms with Crippen LogP contribution in [-0.4, -0.2) is 98.2 Å². The SMILES string of the molecule is C[C@@H](C[C@@H]1CC[C@H](O)[C@@H](O)C1)[C@@H]1CC[C@@H](CO)/C=C/CC/C=C/C(=O)[C@H](C)[C@H]2CC[C@H](C)[C@](O)(O2)C(=O)C(=O)N2CCCC[C@H]2C(=O)O1. The van der Waals surface area contributed by atoms with Gasteiger partial charge in [-0.25, -0.2) is 4.79 Å². The lowest BCUT2D eigenvalue weighted by Crippen LogP contribution is -2.61. The maximum absolute atomic E-state index is 13.9. The van der Waals surface area contributed by atoms with E-state index in [4.69, 9.17) is 9.47 Å². The number of esters is 1. The van der Waals surface area contributed by atoms with Crippen LogP contribution in [0.4, 0.5) is 0 Å². The molecule has 1 aliphatic carbocycles. The second kappa shape index (κ2) is 17.5. The Bertz CT molecular complexity index is 1190. The average Bonchev–Trinajstić information content (AvgIpc) is 3.08. The number of nitrogens with zero attached hydrogens (tertiary/aromatic N) is 1. The minimum atomic E-state index is -2.43. The molecule has 2 saturated heterocycles. The van der Waals surface area contributed by atoms with Crippen molar-refractivity contribution in [2.24, 2.45) is 29.6 Å². The summed E-state index contributed by atoms with van der Waals surface area (Å²) in [5.74, 6) is -6.86. The number of ketones is 2. The number of hydrogen-bond donors (Lipinski definition) is 4. The van der Waals surface area contributed by atoms with Crippen molar-refractivity contribution in [1.29, 1.82) is 0 Å². The summed E-state index contributed by atoms with van der Waals surface area (Å²) in [7, 11) is 0. The molecule has 3 fully saturated rings. The summed E-state index contributed by atoms with van der Waals surface area (Å²) in [6.07, 6.45) is 11.4. The number of carbonyl (C=O) groups excluding carboxylic acids is 4. The fourth-order valence-corrected chi connectivity index (χ4v) is 7.79. The van der Waals surface area contributed by atoms with Gasteiger partial charge in [-0.15, -0.1) is 0 Å². The maximum Gasteiger partial charge on any atom is 0.329 e. The molecule has 0 aromatic heterocycles. The Labute approximate surface area is 284 Å². The highest BCUT2D eigenvalue weighted by Gasteiger charge is 2.53. The lowest BCUT2D eigenvalue weighted by Gasteiger charge is -2.43. The summed E-state index contributed by atoms with van der Waals surface area (Å²) < 4.78 is 12.1. The molecule has 3 heterocycles. The van der Waals surface area contributed by atoms with Crippen molar-refractivity contribution in [3.05, 3.63) is 24.3 Å². The van der Waals surface area contributed by atoms with Gasteiger partial charge in [0.15, 0.2) is 5.78 Å². The van der Waals surface area contributed by atoms with E-state index in [0.29, 0.717) is 77.0 Å². The van der Waals surface area contributed by atoms with E-state index in [1.54, 1.807) is 19.9 Å². The minimum Gasteiger partial charge on any atom is -0.461 e. The van der Waals surface area contributed by atoms with Gasteiger partial charge in [-0.05, 0) is 101 Å². The van der Waals surface area contributed by atoms with E-state index in [1.165, 1.54) is 11.0 Å². The molecule has 11 atom stereocenters. The second-order valence-electron chi connectivity index (χ2n) is 14.8. The molecule has 11 nitrogen and oxygen atoms in total. The molecule has 4 aliphatic rings. The van der Waals surface area contributed by atoms with Gasteiger partial charge >= 0.3 is 5.97 Å². The number of fused-ring (bicyclic) bond motifs is 3. The Balaban J connectivity index is 1.61. The van der Waals surface area contributed by atoms with Crippen LogP contribution in [0.1, 0.15) is 104 Å². The predicted molar refractivity (Wildman–Crippen MR) is 177 cm³/mol. The lowest BCUT2D eigenvalue weighted by atomic mass is 9.78. The molecule has 4 N–H and O–H groups in total. The van der Waals surface area contributed by atoms with E-state index < -0.39 is 65.7 Å². The molecule has 3 aliphatic heterocycles. The van der Waals surface area contributed by atoms with E-state index in [9.17, 15) is 39.6 Å². The van der Waals surface area contributed by atoms with Gasteiger partial charge in [0.05, 0.1) is 18.3 Å². The first-order valence-corrected chi connectivity index (χ1v) is 18.2. The normalized spacial score (nSPS) is 40.2.